The van der Waals surface area contributed by atoms with Crippen molar-refractivity contribution in [2.75, 3.05) is 13.7 Å². The first kappa shape index (κ1) is 12.8. The van der Waals surface area contributed by atoms with Crippen molar-refractivity contribution in [3.05, 3.63) is 28.3 Å². The summed E-state index contributed by atoms with van der Waals surface area (Å²) < 4.78 is 10.3. The third-order valence-corrected chi connectivity index (χ3v) is 2.07. The molecule has 0 aliphatic rings. The average Bonchev–Trinajstić information content (AvgIpc) is 2.35. The standard InChI is InChI=1S/C11H12N2O4/c1-8(6-12)7-17-10-4-3-9(13(14)15)5-11(10)16-2/h3-5,8H,7H2,1-2H3. The molecule has 1 atom stereocenters. The summed E-state index contributed by atoms with van der Waals surface area (Å²) in [4.78, 5) is 10.0. The number of non-ortho nitro benzene ring substituents is 1. The Bertz CT molecular complexity index is 453. The van der Waals surface area contributed by atoms with Crippen molar-refractivity contribution in [1.82, 2.24) is 0 Å². The van der Waals surface area contributed by atoms with E-state index in [1.807, 2.05) is 6.07 Å². The van der Waals surface area contributed by atoms with Crippen LogP contribution in [0.4, 0.5) is 5.69 Å². The Hall–Kier alpha value is -2.29. The smallest absolute Gasteiger partial charge is 0.273 e. The monoisotopic (exact) mass is 236 g/mol. The maximum absolute atomic E-state index is 10.6. The molecule has 90 valence electrons. The molecule has 0 bridgehead atoms. The minimum Gasteiger partial charge on any atom is -0.493 e. The second kappa shape index (κ2) is 5.70. The summed E-state index contributed by atoms with van der Waals surface area (Å²) in [5.41, 5.74) is -0.0671. The highest BCUT2D eigenvalue weighted by Crippen LogP contribution is 2.31. The molecule has 1 unspecified atom stereocenters. The van der Waals surface area contributed by atoms with Gasteiger partial charge in [0, 0.05) is 6.07 Å². The first-order valence-corrected chi connectivity index (χ1v) is 4.93. The SMILES string of the molecule is COc1cc([N+](=O)[O-])ccc1OCC(C)C#N. The van der Waals surface area contributed by atoms with Gasteiger partial charge in [0.15, 0.2) is 11.5 Å². The van der Waals surface area contributed by atoms with E-state index in [0.717, 1.165) is 0 Å². The molecule has 6 heteroatoms. The highest BCUT2D eigenvalue weighted by molar-refractivity contribution is 5.48. The van der Waals surface area contributed by atoms with E-state index in [0.29, 0.717) is 5.75 Å². The van der Waals surface area contributed by atoms with Gasteiger partial charge in [0.25, 0.3) is 5.69 Å². The second-order valence-corrected chi connectivity index (χ2v) is 3.43. The van der Waals surface area contributed by atoms with Gasteiger partial charge in [-0.15, -0.1) is 0 Å². The van der Waals surface area contributed by atoms with Crippen LogP contribution in [-0.4, -0.2) is 18.6 Å². The third kappa shape index (κ3) is 3.34. The van der Waals surface area contributed by atoms with Crippen LogP contribution in [0.25, 0.3) is 0 Å². The molecule has 0 N–H and O–H groups in total. The molecule has 1 aromatic carbocycles. The van der Waals surface area contributed by atoms with Gasteiger partial charge in [-0.2, -0.15) is 5.26 Å². The topological polar surface area (TPSA) is 85.4 Å². The number of rotatable bonds is 5. The summed E-state index contributed by atoms with van der Waals surface area (Å²) in [6, 6.07) is 6.10. The first-order chi connectivity index (χ1) is 8.08. The fraction of sp³-hybridized carbons (Fsp3) is 0.364. The van der Waals surface area contributed by atoms with Gasteiger partial charge in [-0.05, 0) is 13.0 Å². The molecule has 0 fully saturated rings. The van der Waals surface area contributed by atoms with Gasteiger partial charge in [0.1, 0.15) is 6.61 Å². The van der Waals surface area contributed by atoms with Crippen LogP contribution in [0.5, 0.6) is 11.5 Å². The molecule has 6 nitrogen and oxygen atoms in total. The molecule has 0 radical (unpaired) electrons. The number of benzene rings is 1. The molecule has 0 spiro atoms. The van der Waals surface area contributed by atoms with E-state index in [1.165, 1.54) is 25.3 Å². The molecular weight excluding hydrogens is 224 g/mol. The van der Waals surface area contributed by atoms with Crippen molar-refractivity contribution in [3.63, 3.8) is 0 Å². The number of nitro benzene ring substituents is 1. The van der Waals surface area contributed by atoms with Gasteiger partial charge < -0.3 is 9.47 Å². The Kier molecular flexibility index (Phi) is 4.29. The van der Waals surface area contributed by atoms with E-state index in [4.69, 9.17) is 14.7 Å². The summed E-state index contributed by atoms with van der Waals surface area (Å²) in [5.74, 6) is 0.416. The van der Waals surface area contributed by atoms with Crippen LogP contribution in [0.15, 0.2) is 18.2 Å². The van der Waals surface area contributed by atoms with Crippen molar-refractivity contribution in [2.24, 2.45) is 5.92 Å². The number of methoxy groups -OCH3 is 1. The van der Waals surface area contributed by atoms with E-state index in [-0.39, 0.29) is 24.0 Å². The zero-order valence-corrected chi connectivity index (χ0v) is 9.54. The third-order valence-electron chi connectivity index (χ3n) is 2.07. The average molecular weight is 236 g/mol. The van der Waals surface area contributed by atoms with Gasteiger partial charge in [-0.25, -0.2) is 0 Å². The molecule has 17 heavy (non-hydrogen) atoms. The van der Waals surface area contributed by atoms with Crippen LogP contribution >= 0.6 is 0 Å². The maximum atomic E-state index is 10.6. The van der Waals surface area contributed by atoms with Crippen molar-refractivity contribution in [3.8, 4) is 17.6 Å². The van der Waals surface area contributed by atoms with Crippen LogP contribution < -0.4 is 9.47 Å². The Balaban J connectivity index is 2.86. The van der Waals surface area contributed by atoms with Gasteiger partial charge in [0.2, 0.25) is 0 Å². The maximum Gasteiger partial charge on any atom is 0.273 e. The summed E-state index contributed by atoms with van der Waals surface area (Å²) in [7, 11) is 1.40. The van der Waals surface area contributed by atoms with E-state index >= 15 is 0 Å². The van der Waals surface area contributed by atoms with Crippen LogP contribution in [-0.2, 0) is 0 Å². The molecule has 0 saturated carbocycles. The zero-order chi connectivity index (χ0) is 12.8. The zero-order valence-electron chi connectivity index (χ0n) is 9.54. The highest BCUT2D eigenvalue weighted by Gasteiger charge is 2.13. The van der Waals surface area contributed by atoms with Crippen molar-refractivity contribution in [1.29, 1.82) is 5.26 Å². The van der Waals surface area contributed by atoms with Crippen molar-refractivity contribution >= 4 is 5.69 Å². The number of nitro groups is 1. The highest BCUT2D eigenvalue weighted by atomic mass is 16.6. The molecular formula is C11H12N2O4. The van der Waals surface area contributed by atoms with Crippen LogP contribution in [0, 0.1) is 27.4 Å². The lowest BCUT2D eigenvalue weighted by atomic mass is 10.2. The van der Waals surface area contributed by atoms with Crippen LogP contribution in [0.1, 0.15) is 6.92 Å². The minimum atomic E-state index is -0.510. The Morgan fingerprint density at radius 1 is 1.53 bits per heavy atom. The molecule has 0 aliphatic heterocycles. The molecule has 0 aliphatic carbocycles. The lowest BCUT2D eigenvalue weighted by molar-refractivity contribution is -0.384. The van der Waals surface area contributed by atoms with E-state index in [2.05, 4.69) is 0 Å². The van der Waals surface area contributed by atoms with E-state index in [9.17, 15) is 10.1 Å². The first-order valence-electron chi connectivity index (χ1n) is 4.93. The lowest BCUT2D eigenvalue weighted by Gasteiger charge is -2.10. The van der Waals surface area contributed by atoms with Crippen LogP contribution in [0.2, 0.25) is 0 Å². The van der Waals surface area contributed by atoms with Gasteiger partial charge >= 0.3 is 0 Å². The molecule has 1 rings (SSSR count). The van der Waals surface area contributed by atoms with E-state index in [1.54, 1.807) is 6.92 Å². The molecule has 0 aromatic heterocycles. The summed E-state index contributed by atoms with van der Waals surface area (Å²) in [6.07, 6.45) is 0. The van der Waals surface area contributed by atoms with Crippen molar-refractivity contribution < 1.29 is 14.4 Å². The largest absolute Gasteiger partial charge is 0.493 e. The fourth-order valence-electron chi connectivity index (χ4n) is 1.14. The molecule has 0 saturated heterocycles. The van der Waals surface area contributed by atoms with E-state index < -0.39 is 4.92 Å². The summed E-state index contributed by atoms with van der Waals surface area (Å²) in [5, 5.41) is 19.2. The second-order valence-electron chi connectivity index (χ2n) is 3.43. The Labute approximate surface area is 98.5 Å². The van der Waals surface area contributed by atoms with Gasteiger partial charge in [-0.1, -0.05) is 0 Å². The minimum absolute atomic E-state index is 0.0671. The summed E-state index contributed by atoms with van der Waals surface area (Å²) in [6.45, 7) is 1.93. The normalized spacial score (nSPS) is 11.4. The van der Waals surface area contributed by atoms with Gasteiger partial charge in [-0.3, -0.25) is 10.1 Å². The Morgan fingerprint density at radius 2 is 2.24 bits per heavy atom. The molecule has 0 amide bonds. The lowest BCUT2D eigenvalue weighted by Crippen LogP contribution is -2.07. The number of nitrogens with zero attached hydrogens (tertiary/aromatic N) is 2. The summed E-state index contributed by atoms with van der Waals surface area (Å²) >= 11 is 0. The fourth-order valence-corrected chi connectivity index (χ4v) is 1.14. The predicted molar refractivity (Wildman–Crippen MR) is 59.9 cm³/mol. The molecule has 0 heterocycles. The van der Waals surface area contributed by atoms with Crippen molar-refractivity contribution in [2.45, 2.75) is 6.92 Å². The molecule has 1 aromatic rings. The Morgan fingerprint density at radius 3 is 2.76 bits per heavy atom. The number of ether oxygens (including phenoxy) is 2. The van der Waals surface area contributed by atoms with Crippen LogP contribution in [0.3, 0.4) is 0 Å². The predicted octanol–water partition coefficient (Wildman–Crippen LogP) is 2.14. The number of hydrogen-bond donors (Lipinski definition) is 0. The quantitative estimate of drug-likeness (QED) is 0.577. The number of hydrogen-bond acceptors (Lipinski definition) is 5. The van der Waals surface area contributed by atoms with Gasteiger partial charge in [0.05, 0.1) is 30.1 Å². The number of nitriles is 1.